The molecule has 0 atom stereocenters. The topological polar surface area (TPSA) is 116 Å². The van der Waals surface area contributed by atoms with Gasteiger partial charge in [0.15, 0.2) is 10.9 Å². The molecule has 1 aliphatic carbocycles. The molecule has 0 spiro atoms. The van der Waals surface area contributed by atoms with E-state index in [4.69, 9.17) is 4.98 Å². The molecule has 40 heavy (non-hydrogen) atoms. The van der Waals surface area contributed by atoms with Crippen LogP contribution in [0.4, 0.5) is 21.3 Å². The summed E-state index contributed by atoms with van der Waals surface area (Å²) in [5.41, 5.74) is 2.76. The molecule has 13 heteroatoms. The fourth-order valence-electron chi connectivity index (χ4n) is 5.19. The van der Waals surface area contributed by atoms with E-state index in [1.165, 1.54) is 42.4 Å². The van der Waals surface area contributed by atoms with Crippen molar-refractivity contribution in [1.82, 2.24) is 29.1 Å². The van der Waals surface area contributed by atoms with Gasteiger partial charge in [-0.1, -0.05) is 36.3 Å². The predicted octanol–water partition coefficient (Wildman–Crippen LogP) is 4.46. The molecule has 1 aliphatic heterocycles. The maximum absolute atomic E-state index is 14.8. The van der Waals surface area contributed by atoms with Crippen LogP contribution in [0, 0.1) is 5.82 Å². The Morgan fingerprint density at radius 1 is 1.02 bits per heavy atom. The number of thiazole rings is 1. The Morgan fingerprint density at radius 3 is 2.55 bits per heavy atom. The second-order valence-electron chi connectivity index (χ2n) is 10.3. The molecule has 4 heterocycles. The maximum atomic E-state index is 14.8. The smallest absolute Gasteiger partial charge is 0.229 e. The Balaban J connectivity index is 1.11. The highest BCUT2D eigenvalue weighted by atomic mass is 32.2. The Labute approximate surface area is 236 Å². The zero-order valence-corrected chi connectivity index (χ0v) is 23.8. The van der Waals surface area contributed by atoms with E-state index in [-0.39, 0.29) is 11.6 Å². The van der Waals surface area contributed by atoms with E-state index < -0.39 is 15.8 Å². The van der Waals surface area contributed by atoms with Crippen molar-refractivity contribution in [2.24, 2.45) is 0 Å². The third-order valence-electron chi connectivity index (χ3n) is 7.36. The van der Waals surface area contributed by atoms with Crippen LogP contribution in [0.5, 0.6) is 0 Å². The average Bonchev–Trinajstić information content (AvgIpc) is 3.60. The lowest BCUT2D eigenvalue weighted by molar-refractivity contribution is 0.182. The van der Waals surface area contributed by atoms with Crippen LogP contribution < -0.4 is 10.6 Å². The van der Waals surface area contributed by atoms with E-state index in [0.717, 1.165) is 20.9 Å². The molecule has 10 nitrogen and oxygen atoms in total. The molecule has 0 amide bonds. The number of piperazine rings is 1. The number of nitrogens with one attached hydrogen (secondary N) is 2. The highest BCUT2D eigenvalue weighted by Crippen LogP contribution is 2.33. The number of hydrogen-bond donors (Lipinski definition) is 2. The van der Waals surface area contributed by atoms with Gasteiger partial charge >= 0.3 is 0 Å². The van der Waals surface area contributed by atoms with Crippen molar-refractivity contribution in [3.8, 4) is 11.3 Å². The SMILES string of the molecule is CS(=O)(=O)N1CCN(Cc2ccc(Nc3ncc(F)c(-c4ccc5nc(NC6CCCC6)sc5c4)n3)nc2)CC1. The minimum absolute atomic E-state index is 0.211. The Bertz CT molecular complexity index is 1600. The quantitative estimate of drug-likeness (QED) is 0.311. The summed E-state index contributed by atoms with van der Waals surface area (Å²) in [7, 11) is -3.15. The second kappa shape index (κ2) is 11.3. The number of hydrogen-bond acceptors (Lipinski definition) is 10. The van der Waals surface area contributed by atoms with Crippen LogP contribution in [0.1, 0.15) is 31.2 Å². The van der Waals surface area contributed by atoms with Gasteiger partial charge in [0, 0.05) is 50.5 Å². The second-order valence-corrected chi connectivity index (χ2v) is 13.3. The zero-order chi connectivity index (χ0) is 27.7. The van der Waals surface area contributed by atoms with Crippen LogP contribution in [0.3, 0.4) is 0 Å². The van der Waals surface area contributed by atoms with Crippen LogP contribution in [0.15, 0.2) is 42.7 Å². The van der Waals surface area contributed by atoms with E-state index in [1.54, 1.807) is 17.5 Å². The third-order valence-corrected chi connectivity index (χ3v) is 9.61. The maximum Gasteiger partial charge on any atom is 0.229 e. The molecule has 4 aromatic rings. The van der Waals surface area contributed by atoms with Gasteiger partial charge in [0.2, 0.25) is 16.0 Å². The number of pyridine rings is 1. The van der Waals surface area contributed by atoms with Gasteiger partial charge < -0.3 is 10.6 Å². The molecule has 0 bridgehead atoms. The molecule has 0 radical (unpaired) electrons. The monoisotopic (exact) mass is 582 g/mol. The Morgan fingerprint density at radius 2 is 1.82 bits per heavy atom. The number of nitrogens with zero attached hydrogens (tertiary/aromatic N) is 6. The van der Waals surface area contributed by atoms with Gasteiger partial charge in [-0.15, -0.1) is 0 Å². The van der Waals surface area contributed by atoms with Gasteiger partial charge in [-0.25, -0.2) is 32.7 Å². The number of aromatic nitrogens is 4. The fourth-order valence-corrected chi connectivity index (χ4v) is 7.00. The van der Waals surface area contributed by atoms with Gasteiger partial charge in [-0.05, 0) is 36.6 Å². The molecule has 3 aromatic heterocycles. The lowest BCUT2D eigenvalue weighted by Crippen LogP contribution is -2.47. The fraction of sp³-hybridized carbons (Fsp3) is 0.407. The Kier molecular flexibility index (Phi) is 7.62. The van der Waals surface area contributed by atoms with E-state index in [1.807, 2.05) is 30.3 Å². The standard InChI is InChI=1S/C27H31FN8O2S2/c1-40(37,38)36-12-10-35(11-13-36)17-18-6-9-24(29-15-18)33-26-30-16-21(28)25(34-26)19-7-8-22-23(14-19)39-27(32-22)31-20-4-2-3-5-20/h6-9,14-16,20H,2-5,10-13,17H2,1H3,(H,31,32)(H,29,30,33,34). The lowest BCUT2D eigenvalue weighted by Gasteiger charge is -2.33. The normalized spacial score (nSPS) is 17.4. The van der Waals surface area contributed by atoms with E-state index in [2.05, 4.69) is 30.5 Å². The molecule has 1 saturated heterocycles. The van der Waals surface area contributed by atoms with Gasteiger partial charge in [-0.2, -0.15) is 4.31 Å². The molecule has 0 unspecified atom stereocenters. The first-order valence-electron chi connectivity index (χ1n) is 13.4. The summed E-state index contributed by atoms with van der Waals surface area (Å²) in [5, 5.41) is 7.50. The molecule has 1 aromatic carbocycles. The van der Waals surface area contributed by atoms with Crippen molar-refractivity contribution >= 4 is 48.5 Å². The summed E-state index contributed by atoms with van der Waals surface area (Å²) in [4.78, 5) is 19.9. The summed E-state index contributed by atoms with van der Waals surface area (Å²) in [6.07, 6.45) is 9.03. The average molecular weight is 583 g/mol. The molecule has 6 rings (SSSR count). The molecule has 2 N–H and O–H groups in total. The first kappa shape index (κ1) is 26.9. The van der Waals surface area contributed by atoms with Crippen LogP contribution in [0.25, 0.3) is 21.5 Å². The number of sulfonamides is 1. The highest BCUT2D eigenvalue weighted by molar-refractivity contribution is 7.88. The molecule has 210 valence electrons. The van der Waals surface area contributed by atoms with Gasteiger partial charge in [-0.3, -0.25) is 4.90 Å². The molecular weight excluding hydrogens is 551 g/mol. The Hall–Kier alpha value is -3.26. The predicted molar refractivity (Wildman–Crippen MR) is 156 cm³/mol. The summed E-state index contributed by atoms with van der Waals surface area (Å²) < 4.78 is 40.7. The third kappa shape index (κ3) is 6.22. The summed E-state index contributed by atoms with van der Waals surface area (Å²) >= 11 is 1.57. The minimum atomic E-state index is -3.15. The molecular formula is C27H31FN8O2S2. The van der Waals surface area contributed by atoms with E-state index >= 15 is 0 Å². The number of halogens is 1. The van der Waals surface area contributed by atoms with Crippen LogP contribution >= 0.6 is 11.3 Å². The summed E-state index contributed by atoms with van der Waals surface area (Å²) in [6.45, 7) is 3.01. The van der Waals surface area contributed by atoms with E-state index in [9.17, 15) is 12.8 Å². The van der Waals surface area contributed by atoms with Crippen LogP contribution in [-0.2, 0) is 16.6 Å². The summed E-state index contributed by atoms with van der Waals surface area (Å²) in [6, 6.07) is 9.92. The number of anilines is 3. The highest BCUT2D eigenvalue weighted by Gasteiger charge is 2.23. The van der Waals surface area contributed by atoms with Crippen molar-refractivity contribution in [3.05, 3.63) is 54.1 Å². The van der Waals surface area contributed by atoms with Crippen molar-refractivity contribution in [2.45, 2.75) is 38.3 Å². The van der Waals surface area contributed by atoms with E-state index in [0.29, 0.717) is 50.1 Å². The van der Waals surface area contributed by atoms with Crippen molar-refractivity contribution in [1.29, 1.82) is 0 Å². The molecule has 2 aliphatic rings. The van der Waals surface area contributed by atoms with Crippen molar-refractivity contribution < 1.29 is 12.8 Å². The first-order chi connectivity index (χ1) is 19.3. The minimum Gasteiger partial charge on any atom is -0.359 e. The molecule has 1 saturated carbocycles. The largest absolute Gasteiger partial charge is 0.359 e. The van der Waals surface area contributed by atoms with Crippen molar-refractivity contribution in [3.63, 3.8) is 0 Å². The van der Waals surface area contributed by atoms with Gasteiger partial charge in [0.05, 0.1) is 22.7 Å². The lowest BCUT2D eigenvalue weighted by atomic mass is 10.1. The zero-order valence-electron chi connectivity index (χ0n) is 22.2. The van der Waals surface area contributed by atoms with Gasteiger partial charge in [0.25, 0.3) is 0 Å². The first-order valence-corrected chi connectivity index (χ1v) is 16.1. The van der Waals surface area contributed by atoms with Gasteiger partial charge in [0.1, 0.15) is 11.5 Å². The summed E-state index contributed by atoms with van der Waals surface area (Å²) in [5.74, 6) is 0.295. The number of fused-ring (bicyclic) bond motifs is 1. The number of benzene rings is 1. The van der Waals surface area contributed by atoms with Crippen LogP contribution in [0.2, 0.25) is 0 Å². The molecule has 2 fully saturated rings. The van der Waals surface area contributed by atoms with Crippen molar-refractivity contribution in [2.75, 3.05) is 43.1 Å². The van der Waals surface area contributed by atoms with Crippen LogP contribution in [-0.4, -0.2) is 76.0 Å². The number of rotatable bonds is 8.